The maximum Gasteiger partial charge on any atom is 0.343 e. The zero-order valence-electron chi connectivity index (χ0n) is 18.2. The van der Waals surface area contributed by atoms with Crippen molar-refractivity contribution in [2.75, 3.05) is 0 Å². The van der Waals surface area contributed by atoms with Crippen LogP contribution in [0.3, 0.4) is 0 Å². The summed E-state index contributed by atoms with van der Waals surface area (Å²) in [7, 11) is 0. The van der Waals surface area contributed by atoms with Crippen LogP contribution >= 0.6 is 0 Å². The second-order valence-corrected chi connectivity index (χ2v) is 9.46. The minimum Gasteiger partial charge on any atom is -0.508 e. The number of hydrogen-bond acceptors (Lipinski definition) is 9. The molecule has 0 unspecified atom stereocenters. The molecule has 6 atom stereocenters. The van der Waals surface area contributed by atoms with E-state index in [2.05, 4.69) is 0 Å². The van der Waals surface area contributed by atoms with Gasteiger partial charge in [-0.2, -0.15) is 0 Å². The first-order valence-corrected chi connectivity index (χ1v) is 11.3. The van der Waals surface area contributed by atoms with Gasteiger partial charge in [-0.15, -0.1) is 0 Å². The van der Waals surface area contributed by atoms with Crippen LogP contribution in [-0.2, 0) is 16.3 Å². The zero-order chi connectivity index (χ0) is 23.9. The van der Waals surface area contributed by atoms with E-state index in [9.17, 15) is 20.1 Å². The van der Waals surface area contributed by atoms with E-state index in [1.54, 1.807) is 49.4 Å². The number of fused-ring (bicyclic) bond motifs is 3. The normalized spacial score (nSPS) is 33.9. The van der Waals surface area contributed by atoms with Crippen molar-refractivity contribution in [3.63, 3.8) is 0 Å². The van der Waals surface area contributed by atoms with E-state index in [0.29, 0.717) is 28.4 Å². The Kier molecular flexibility index (Phi) is 3.28. The molecule has 0 saturated heterocycles. The summed E-state index contributed by atoms with van der Waals surface area (Å²) >= 11 is 0. The number of rotatable bonds is 0. The van der Waals surface area contributed by atoms with Gasteiger partial charge >= 0.3 is 5.63 Å². The van der Waals surface area contributed by atoms with Crippen molar-refractivity contribution in [1.82, 2.24) is 0 Å². The monoisotopic (exact) mass is 474 g/mol. The molecule has 8 rings (SSSR count). The van der Waals surface area contributed by atoms with Crippen LogP contribution in [0.1, 0.15) is 51.7 Å². The van der Waals surface area contributed by atoms with Crippen LogP contribution in [0.15, 0.2) is 57.8 Å². The average Bonchev–Trinajstić information content (AvgIpc) is 3.22. The highest BCUT2D eigenvalue weighted by atomic mass is 16.8. The van der Waals surface area contributed by atoms with Gasteiger partial charge in [-0.3, -0.25) is 4.74 Å². The highest BCUT2D eigenvalue weighted by molar-refractivity contribution is 5.63. The molecule has 0 radical (unpaired) electrons. The summed E-state index contributed by atoms with van der Waals surface area (Å²) < 4.78 is 31.2. The van der Waals surface area contributed by atoms with Crippen LogP contribution in [0.2, 0.25) is 0 Å². The van der Waals surface area contributed by atoms with Gasteiger partial charge in [0.1, 0.15) is 46.9 Å². The summed E-state index contributed by atoms with van der Waals surface area (Å²) in [5, 5.41) is 32.8. The Hall–Kier alpha value is -3.79. The summed E-state index contributed by atoms with van der Waals surface area (Å²) in [5.41, 5.74) is 1.06. The molecule has 0 amide bonds. The number of aliphatic hydroxyl groups is 2. The Bertz CT molecular complexity index is 1570. The van der Waals surface area contributed by atoms with E-state index in [1.165, 1.54) is 6.07 Å². The van der Waals surface area contributed by atoms with Crippen LogP contribution in [0.4, 0.5) is 0 Å². The number of aromatic hydroxyl groups is 1. The van der Waals surface area contributed by atoms with Crippen molar-refractivity contribution in [3.05, 3.63) is 92.5 Å². The van der Waals surface area contributed by atoms with Gasteiger partial charge < -0.3 is 33.9 Å². The predicted molar refractivity (Wildman–Crippen MR) is 116 cm³/mol. The Morgan fingerprint density at radius 2 is 1.80 bits per heavy atom. The minimum atomic E-state index is -1.71. The van der Waals surface area contributed by atoms with E-state index in [4.69, 9.17) is 23.4 Å². The molecule has 2 spiro atoms. The fourth-order valence-electron chi connectivity index (χ4n) is 6.31. The molecular weight excluding hydrogens is 456 g/mol. The molecule has 0 fully saturated rings. The van der Waals surface area contributed by atoms with Crippen LogP contribution in [0, 0.1) is 6.92 Å². The number of aryl methyl sites for hydroxylation is 1. The lowest BCUT2D eigenvalue weighted by molar-refractivity contribution is -0.358. The lowest BCUT2D eigenvalue weighted by Crippen LogP contribution is -2.62. The van der Waals surface area contributed by atoms with E-state index in [1.807, 2.05) is 0 Å². The number of phenols is 1. The van der Waals surface area contributed by atoms with Gasteiger partial charge in [-0.05, 0) is 42.8 Å². The fraction of sp³-hybridized carbons (Fsp3) is 0.269. The van der Waals surface area contributed by atoms with E-state index < -0.39 is 41.4 Å². The van der Waals surface area contributed by atoms with Gasteiger partial charge in [0.05, 0.1) is 22.8 Å². The molecule has 2 aromatic carbocycles. The Morgan fingerprint density at radius 1 is 0.971 bits per heavy atom. The molecule has 9 nitrogen and oxygen atoms in total. The van der Waals surface area contributed by atoms with Crippen molar-refractivity contribution in [2.45, 2.75) is 42.7 Å². The molecule has 5 aliphatic rings. The fourth-order valence-corrected chi connectivity index (χ4v) is 6.31. The Labute approximate surface area is 197 Å². The molecule has 4 heterocycles. The van der Waals surface area contributed by atoms with Crippen LogP contribution in [0.5, 0.6) is 23.0 Å². The average molecular weight is 474 g/mol. The molecule has 3 aromatic rings. The molecule has 0 saturated carbocycles. The molecule has 35 heavy (non-hydrogen) atoms. The zero-order valence-corrected chi connectivity index (χ0v) is 18.2. The SMILES string of the molecule is Cc1cc2c(c(=O)o1)[C@@H]1[C@H](O2)[C@H](O)c2c(O)ccc3c2[C@@]12Oc1cccc4c1[C@](C=C[C@@H]4O)(O3)O2. The summed E-state index contributed by atoms with van der Waals surface area (Å²) in [4.78, 5) is 13.1. The third-order valence-electron chi connectivity index (χ3n) is 7.58. The summed E-state index contributed by atoms with van der Waals surface area (Å²) in [6.45, 7) is 1.63. The van der Waals surface area contributed by atoms with Gasteiger partial charge in [0, 0.05) is 11.6 Å². The molecule has 176 valence electrons. The summed E-state index contributed by atoms with van der Waals surface area (Å²) in [6.07, 6.45) is -0.0137. The maximum absolute atomic E-state index is 13.1. The lowest BCUT2D eigenvalue weighted by Gasteiger charge is -2.57. The van der Waals surface area contributed by atoms with E-state index >= 15 is 0 Å². The van der Waals surface area contributed by atoms with Gasteiger partial charge in [0.15, 0.2) is 0 Å². The second-order valence-electron chi connectivity index (χ2n) is 9.46. The molecule has 3 N–H and O–H groups in total. The van der Waals surface area contributed by atoms with Crippen molar-refractivity contribution < 1.29 is 38.7 Å². The number of ether oxygens (including phenoxy) is 4. The standard InChI is InChI=1S/C26H18O9/c1-10-9-16-18(24(30)31-10)21-23(32-16)22(29)17-13(28)5-6-15-20(17)26(21)34-14-4-2-3-11-12(27)7-8-25(33-15,35-26)19(11)14/h2-9,12,21-23,27-29H,1H3/t12-,21+,22+,23-,25+,26-/m0/s1. The molecule has 9 heteroatoms. The predicted octanol–water partition coefficient (Wildman–Crippen LogP) is 2.66. The second kappa shape index (κ2) is 5.88. The van der Waals surface area contributed by atoms with Gasteiger partial charge in [0.2, 0.25) is 0 Å². The van der Waals surface area contributed by atoms with E-state index in [0.717, 1.165) is 0 Å². The third-order valence-corrected chi connectivity index (χ3v) is 7.58. The topological polar surface area (TPSA) is 128 Å². The molecule has 1 aromatic heterocycles. The lowest BCUT2D eigenvalue weighted by atomic mass is 9.70. The van der Waals surface area contributed by atoms with Gasteiger partial charge in [0.25, 0.3) is 11.6 Å². The molecular formula is C26H18O9. The Balaban J connectivity index is 1.50. The first-order chi connectivity index (χ1) is 16.8. The molecule has 3 aliphatic heterocycles. The van der Waals surface area contributed by atoms with Crippen molar-refractivity contribution in [2.24, 2.45) is 0 Å². The van der Waals surface area contributed by atoms with Crippen LogP contribution in [-0.4, -0.2) is 21.4 Å². The van der Waals surface area contributed by atoms with Gasteiger partial charge in [-0.25, -0.2) is 4.79 Å². The Morgan fingerprint density at radius 3 is 2.66 bits per heavy atom. The van der Waals surface area contributed by atoms with Crippen LogP contribution in [0.25, 0.3) is 0 Å². The van der Waals surface area contributed by atoms with E-state index in [-0.39, 0.29) is 28.2 Å². The third kappa shape index (κ3) is 2.09. The highest BCUT2D eigenvalue weighted by Gasteiger charge is 2.70. The quantitative estimate of drug-likeness (QED) is 0.421. The molecule has 2 bridgehead atoms. The highest BCUT2D eigenvalue weighted by Crippen LogP contribution is 2.67. The number of phenolic OH excluding ortho intramolecular Hbond substituents is 1. The minimum absolute atomic E-state index is 0.145. The molecule has 2 aliphatic carbocycles. The number of benzene rings is 2. The number of aliphatic hydroxyl groups excluding tert-OH is 2. The summed E-state index contributed by atoms with van der Waals surface area (Å²) in [6, 6.07) is 9.83. The summed E-state index contributed by atoms with van der Waals surface area (Å²) in [5.74, 6) is -3.01. The maximum atomic E-state index is 13.1. The first kappa shape index (κ1) is 19.5. The number of hydrogen-bond donors (Lipinski definition) is 3. The first-order valence-electron chi connectivity index (χ1n) is 11.3. The van der Waals surface area contributed by atoms with Crippen molar-refractivity contribution in [1.29, 1.82) is 0 Å². The van der Waals surface area contributed by atoms with Gasteiger partial charge in [-0.1, -0.05) is 12.1 Å². The largest absolute Gasteiger partial charge is 0.508 e. The van der Waals surface area contributed by atoms with Crippen molar-refractivity contribution >= 4 is 0 Å². The smallest absolute Gasteiger partial charge is 0.343 e. The van der Waals surface area contributed by atoms with Crippen molar-refractivity contribution in [3.8, 4) is 23.0 Å². The van der Waals surface area contributed by atoms with Crippen LogP contribution < -0.4 is 19.8 Å².